The highest BCUT2D eigenvalue weighted by Gasteiger charge is 2.57. The maximum Gasteiger partial charge on any atom is 0.255 e. The number of aromatic nitrogens is 5. The number of rotatable bonds is 5. The summed E-state index contributed by atoms with van der Waals surface area (Å²) in [5, 5.41) is 11.7. The van der Waals surface area contributed by atoms with Crippen LogP contribution in [0.25, 0.3) is 16.9 Å². The van der Waals surface area contributed by atoms with Crippen LogP contribution in [0.1, 0.15) is 25.3 Å². The summed E-state index contributed by atoms with van der Waals surface area (Å²) < 4.78 is 59.7. The maximum atomic E-state index is 14.2. The molecule has 1 aliphatic rings. The normalized spacial score (nSPS) is 19.5. The molecule has 0 amide bonds. The van der Waals surface area contributed by atoms with Crippen LogP contribution in [-0.4, -0.2) is 37.3 Å². The molecule has 3 aromatic rings. The van der Waals surface area contributed by atoms with Crippen molar-refractivity contribution in [2.24, 2.45) is 5.92 Å². The molecule has 0 bridgehead atoms. The fourth-order valence-corrected chi connectivity index (χ4v) is 2.51. The third kappa shape index (κ3) is 2.95. The summed E-state index contributed by atoms with van der Waals surface area (Å²) in [6, 6.07) is 4.27. The van der Waals surface area contributed by atoms with Crippen LogP contribution in [0, 0.1) is 11.7 Å². The molecule has 6 nitrogen and oxygen atoms in total. The molecule has 26 heavy (non-hydrogen) atoms. The smallest absolute Gasteiger partial charge is 0.255 e. The van der Waals surface area contributed by atoms with Crippen molar-refractivity contribution < 1.29 is 22.3 Å². The molecule has 0 N–H and O–H groups in total. The molecule has 1 aliphatic carbocycles. The first-order valence-electron chi connectivity index (χ1n) is 7.88. The highest BCUT2D eigenvalue weighted by molar-refractivity contribution is 5.59. The number of hydrogen-bond donors (Lipinski definition) is 0. The average Bonchev–Trinajstić information content (AvgIpc) is 3.02. The predicted octanol–water partition coefficient (Wildman–Crippen LogP) is 3.39. The van der Waals surface area contributed by atoms with Crippen LogP contribution in [0.2, 0.25) is 0 Å². The van der Waals surface area contributed by atoms with Crippen LogP contribution in [-0.2, 0) is 0 Å². The van der Waals surface area contributed by atoms with E-state index in [1.165, 1.54) is 17.6 Å². The first-order chi connectivity index (χ1) is 12.3. The van der Waals surface area contributed by atoms with E-state index in [0.717, 1.165) is 6.07 Å². The molecule has 3 aromatic heterocycles. The average molecular weight is 367 g/mol. The van der Waals surface area contributed by atoms with Gasteiger partial charge >= 0.3 is 0 Å². The number of alkyl halides is 3. The second-order valence-corrected chi connectivity index (χ2v) is 6.15. The molecule has 136 valence electrons. The molecule has 0 aromatic carbocycles. The van der Waals surface area contributed by atoms with Crippen molar-refractivity contribution >= 4 is 5.65 Å². The van der Waals surface area contributed by atoms with Gasteiger partial charge in [0, 0.05) is 18.2 Å². The zero-order valence-electron chi connectivity index (χ0n) is 13.5. The number of nitrogens with zero attached hydrogens (tertiary/aromatic N) is 5. The van der Waals surface area contributed by atoms with E-state index < -0.39 is 23.8 Å². The van der Waals surface area contributed by atoms with Gasteiger partial charge in [-0.1, -0.05) is 0 Å². The van der Waals surface area contributed by atoms with Crippen LogP contribution >= 0.6 is 0 Å². The third-order valence-corrected chi connectivity index (χ3v) is 4.12. The third-order valence-electron chi connectivity index (χ3n) is 4.12. The summed E-state index contributed by atoms with van der Waals surface area (Å²) in [7, 11) is 0. The van der Waals surface area contributed by atoms with Crippen molar-refractivity contribution in [3.63, 3.8) is 0 Å². The lowest BCUT2D eigenvalue weighted by molar-refractivity contribution is 0.0842. The second-order valence-electron chi connectivity index (χ2n) is 6.15. The largest absolute Gasteiger partial charge is 0.475 e. The molecule has 0 radical (unpaired) electrons. The summed E-state index contributed by atoms with van der Waals surface area (Å²) in [6.45, 7) is 1.01. The van der Waals surface area contributed by atoms with Crippen molar-refractivity contribution in [3.05, 3.63) is 36.0 Å². The van der Waals surface area contributed by atoms with Crippen molar-refractivity contribution in [1.29, 1.82) is 0 Å². The number of fused-ring (bicyclic) bond motifs is 1. The van der Waals surface area contributed by atoms with Crippen molar-refractivity contribution in [1.82, 2.24) is 24.8 Å². The number of ether oxygens (including phenoxy) is 1. The predicted molar refractivity (Wildman–Crippen MR) is 82.0 cm³/mol. The Kier molecular flexibility index (Phi) is 3.78. The summed E-state index contributed by atoms with van der Waals surface area (Å²) >= 11 is 0. The lowest BCUT2D eigenvalue weighted by atomic mass is 10.2. The minimum Gasteiger partial charge on any atom is -0.475 e. The lowest BCUT2D eigenvalue weighted by Gasteiger charge is -2.08. The molecule has 10 heteroatoms. The molecule has 1 saturated carbocycles. The van der Waals surface area contributed by atoms with Gasteiger partial charge in [0.1, 0.15) is 0 Å². The highest BCUT2D eigenvalue weighted by atomic mass is 19.3. The van der Waals surface area contributed by atoms with Crippen LogP contribution in [0.15, 0.2) is 24.4 Å². The minimum absolute atomic E-state index is 0.0283. The van der Waals surface area contributed by atoms with E-state index in [-0.39, 0.29) is 24.7 Å². The van der Waals surface area contributed by atoms with Gasteiger partial charge in [0.05, 0.1) is 18.2 Å². The Bertz CT molecular complexity index is 974. The van der Waals surface area contributed by atoms with E-state index in [2.05, 4.69) is 20.3 Å². The quantitative estimate of drug-likeness (QED) is 0.647. The molecule has 0 saturated heterocycles. The number of hydrogen-bond acceptors (Lipinski definition) is 5. The Morgan fingerprint density at radius 3 is 2.77 bits per heavy atom. The minimum atomic E-state index is -2.74. The highest BCUT2D eigenvalue weighted by Crippen LogP contribution is 2.48. The van der Waals surface area contributed by atoms with E-state index in [9.17, 15) is 17.6 Å². The summed E-state index contributed by atoms with van der Waals surface area (Å²) in [5.41, 5.74) is 0.998. The first kappa shape index (κ1) is 16.7. The summed E-state index contributed by atoms with van der Waals surface area (Å²) in [6.07, 6.45) is -0.329. The van der Waals surface area contributed by atoms with Crippen LogP contribution < -0.4 is 4.74 Å². The number of pyridine rings is 1. The van der Waals surface area contributed by atoms with E-state index in [0.29, 0.717) is 16.9 Å². The van der Waals surface area contributed by atoms with E-state index in [1.54, 1.807) is 12.1 Å². The Labute approximate surface area is 144 Å². The van der Waals surface area contributed by atoms with Gasteiger partial charge in [0.2, 0.25) is 5.88 Å². The number of halogens is 4. The fraction of sp³-hybridized carbons (Fsp3) is 0.375. The van der Waals surface area contributed by atoms with E-state index in [1.807, 2.05) is 0 Å². The molecule has 1 unspecified atom stereocenters. The molecule has 2 atom stereocenters. The molecular formula is C16H13F4N5O. The zero-order valence-corrected chi connectivity index (χ0v) is 13.5. The van der Waals surface area contributed by atoms with Crippen molar-refractivity contribution in [3.8, 4) is 17.1 Å². The van der Waals surface area contributed by atoms with E-state index in [4.69, 9.17) is 4.74 Å². The van der Waals surface area contributed by atoms with Gasteiger partial charge in [-0.05, 0) is 25.1 Å². The molecular weight excluding hydrogens is 354 g/mol. The van der Waals surface area contributed by atoms with Gasteiger partial charge in [-0.3, -0.25) is 0 Å². The zero-order chi connectivity index (χ0) is 18.5. The Balaban J connectivity index is 1.58. The summed E-state index contributed by atoms with van der Waals surface area (Å²) in [4.78, 5) is 3.83. The SMILES string of the molecule is CC(F)c1nnc2ccc(-c3cnc(OC[C@H]4CC4(F)F)c(F)c3)nn12. The molecule has 0 spiro atoms. The fourth-order valence-electron chi connectivity index (χ4n) is 2.51. The van der Waals surface area contributed by atoms with E-state index >= 15 is 0 Å². The summed E-state index contributed by atoms with van der Waals surface area (Å²) in [5.74, 6) is -4.75. The Morgan fingerprint density at radius 2 is 2.12 bits per heavy atom. The first-order valence-corrected chi connectivity index (χ1v) is 7.88. The van der Waals surface area contributed by atoms with Gasteiger partial charge in [0.25, 0.3) is 5.92 Å². The van der Waals surface area contributed by atoms with Gasteiger partial charge in [-0.25, -0.2) is 22.5 Å². The van der Waals surface area contributed by atoms with Crippen LogP contribution in [0.5, 0.6) is 5.88 Å². The lowest BCUT2D eigenvalue weighted by Crippen LogP contribution is -2.08. The second kappa shape index (κ2) is 5.89. The van der Waals surface area contributed by atoms with Gasteiger partial charge < -0.3 is 4.74 Å². The van der Waals surface area contributed by atoms with Gasteiger partial charge in [0.15, 0.2) is 23.5 Å². The van der Waals surface area contributed by atoms with Crippen molar-refractivity contribution in [2.75, 3.05) is 6.61 Å². The molecule has 3 heterocycles. The van der Waals surface area contributed by atoms with Gasteiger partial charge in [-0.15, -0.1) is 10.2 Å². The van der Waals surface area contributed by atoms with Crippen molar-refractivity contribution in [2.45, 2.75) is 25.4 Å². The molecule has 4 rings (SSSR count). The molecule has 1 fully saturated rings. The Hall–Kier alpha value is -2.78. The molecule has 0 aliphatic heterocycles. The van der Waals surface area contributed by atoms with Gasteiger partial charge in [-0.2, -0.15) is 9.61 Å². The monoisotopic (exact) mass is 367 g/mol. The topological polar surface area (TPSA) is 65.2 Å². The van der Waals surface area contributed by atoms with Crippen LogP contribution in [0.3, 0.4) is 0 Å². The van der Waals surface area contributed by atoms with Crippen LogP contribution in [0.4, 0.5) is 17.6 Å². The standard InChI is InChI=1S/C16H13F4N5O/c1-8(17)14-23-22-13-3-2-12(24-25(13)14)9-4-11(18)15(21-6-9)26-7-10-5-16(10,19)20/h2-4,6,8,10H,5,7H2,1H3/t8?,10-/m1/s1. The Morgan fingerprint density at radius 1 is 1.35 bits per heavy atom. The maximum absolute atomic E-state index is 14.2.